The Kier molecular flexibility index (Phi) is 5.40. The third-order valence-electron chi connectivity index (χ3n) is 4.53. The van der Waals surface area contributed by atoms with E-state index in [0.29, 0.717) is 35.5 Å². The van der Waals surface area contributed by atoms with Crippen molar-refractivity contribution < 1.29 is 15.1 Å². The third kappa shape index (κ3) is 3.51. The molecule has 0 aromatic carbocycles. The van der Waals surface area contributed by atoms with Gasteiger partial charge in [0.1, 0.15) is 17.0 Å². The number of anilines is 1. The lowest BCUT2D eigenvalue weighted by Gasteiger charge is -2.39. The molecule has 0 unspecified atom stereocenters. The summed E-state index contributed by atoms with van der Waals surface area (Å²) in [5, 5.41) is 20.2. The fourth-order valence-corrected chi connectivity index (χ4v) is 3.67. The number of hydroxylamine groups is 1. The van der Waals surface area contributed by atoms with Crippen LogP contribution in [0.1, 0.15) is 28.2 Å². The summed E-state index contributed by atoms with van der Waals surface area (Å²) in [6.45, 7) is 4.82. The molecule has 2 aromatic heterocycles. The fraction of sp³-hybridized carbons (Fsp3) is 0.353. The van der Waals surface area contributed by atoms with E-state index < -0.39 is 11.4 Å². The minimum atomic E-state index is -1.27. The van der Waals surface area contributed by atoms with E-state index >= 15 is 0 Å². The van der Waals surface area contributed by atoms with Crippen LogP contribution in [0.5, 0.6) is 0 Å². The van der Waals surface area contributed by atoms with Crippen LogP contribution in [0.4, 0.5) is 5.82 Å². The molecule has 1 saturated heterocycles. The maximum absolute atomic E-state index is 12.7. The monoisotopic (exact) mass is 391 g/mol. The normalized spacial score (nSPS) is 16.0. The lowest BCUT2D eigenvalue weighted by molar-refractivity contribution is 0.0695. The Labute approximate surface area is 159 Å². The average Bonchev–Trinajstić information content (AvgIpc) is 2.58. The molecule has 144 valence electrons. The molecular weight excluding hydrogens is 370 g/mol. The molecule has 1 aliphatic heterocycles. The van der Waals surface area contributed by atoms with E-state index in [1.165, 1.54) is 24.2 Å². The second-order valence-electron chi connectivity index (χ2n) is 6.38. The molecule has 3 heterocycles. The van der Waals surface area contributed by atoms with Crippen molar-refractivity contribution in [2.75, 3.05) is 18.0 Å². The number of nitrogens with zero attached hydrogens (tertiary/aromatic N) is 3. The Morgan fingerprint density at radius 3 is 2.81 bits per heavy atom. The van der Waals surface area contributed by atoms with Crippen LogP contribution in [0.3, 0.4) is 0 Å². The molecule has 0 spiro atoms. The molecule has 9 nitrogen and oxygen atoms in total. The highest BCUT2D eigenvalue weighted by molar-refractivity contribution is 8.02. The number of hydrogen-bond acceptors (Lipinski definition) is 8. The number of carbonyl (C=O) groups is 1. The van der Waals surface area contributed by atoms with Crippen molar-refractivity contribution in [3.05, 3.63) is 45.2 Å². The Bertz CT molecular complexity index is 968. The van der Waals surface area contributed by atoms with Crippen molar-refractivity contribution >= 4 is 34.6 Å². The van der Waals surface area contributed by atoms with Crippen LogP contribution >= 0.6 is 11.8 Å². The number of carboxylic acid groups (broad SMARTS) is 1. The topological polar surface area (TPSA) is 134 Å². The lowest BCUT2D eigenvalue weighted by Crippen LogP contribution is -2.57. The molecule has 1 atom stereocenters. The fourth-order valence-electron chi connectivity index (χ4n) is 3.06. The molecule has 5 N–H and O–H groups in total. The molecule has 0 saturated carbocycles. The first-order valence-electron chi connectivity index (χ1n) is 8.34. The summed E-state index contributed by atoms with van der Waals surface area (Å²) in [6.07, 6.45) is 2.73. The molecule has 1 fully saturated rings. The van der Waals surface area contributed by atoms with Crippen LogP contribution in [0.2, 0.25) is 0 Å². The van der Waals surface area contributed by atoms with Crippen LogP contribution in [-0.4, -0.2) is 45.0 Å². The number of carboxylic acids is 1. The molecule has 0 bridgehead atoms. The van der Waals surface area contributed by atoms with Crippen molar-refractivity contribution in [1.82, 2.24) is 15.0 Å². The van der Waals surface area contributed by atoms with Gasteiger partial charge in [-0.25, -0.2) is 9.78 Å². The molecule has 3 rings (SSSR count). The second kappa shape index (κ2) is 7.59. The summed E-state index contributed by atoms with van der Waals surface area (Å²) >= 11 is 1.38. The molecular formula is C17H21N5O4S. The second-order valence-corrected chi connectivity index (χ2v) is 7.60. The van der Waals surface area contributed by atoms with E-state index in [9.17, 15) is 14.7 Å². The van der Waals surface area contributed by atoms with Gasteiger partial charge in [-0.05, 0) is 30.9 Å². The number of pyridine rings is 2. The highest BCUT2D eigenvalue weighted by Crippen LogP contribution is 2.29. The molecule has 1 aliphatic rings. The predicted octanol–water partition coefficient (Wildman–Crippen LogP) is 1.25. The van der Waals surface area contributed by atoms with E-state index in [0.717, 1.165) is 0 Å². The molecule has 0 radical (unpaired) electrons. The van der Waals surface area contributed by atoms with Gasteiger partial charge in [0.05, 0.1) is 16.8 Å². The van der Waals surface area contributed by atoms with E-state index in [1.54, 1.807) is 23.0 Å². The maximum Gasteiger partial charge on any atom is 0.341 e. The molecule has 0 aliphatic carbocycles. The molecule has 0 amide bonds. The zero-order valence-electron chi connectivity index (χ0n) is 14.9. The number of thioether (sulfide) groups is 1. The van der Waals surface area contributed by atoms with Crippen LogP contribution in [0, 0.1) is 6.92 Å². The summed E-state index contributed by atoms with van der Waals surface area (Å²) in [5.41, 5.74) is 7.87. The van der Waals surface area contributed by atoms with Crippen molar-refractivity contribution in [2.45, 2.75) is 25.3 Å². The van der Waals surface area contributed by atoms with E-state index in [-0.39, 0.29) is 17.0 Å². The van der Waals surface area contributed by atoms with Gasteiger partial charge in [0.25, 0.3) is 0 Å². The highest BCUT2D eigenvalue weighted by Gasteiger charge is 2.28. The summed E-state index contributed by atoms with van der Waals surface area (Å²) in [6, 6.07) is 1.74. The van der Waals surface area contributed by atoms with Crippen LogP contribution in [0.25, 0.3) is 11.0 Å². The SMILES string of the molecule is Cc1cc(N2CC(NO)C2)nc2c1c(=O)c(C(=O)O)cn2[C@@H](C)S/C=C\N. The van der Waals surface area contributed by atoms with Crippen molar-refractivity contribution in [1.29, 1.82) is 0 Å². The first-order chi connectivity index (χ1) is 12.9. The zero-order chi connectivity index (χ0) is 19.7. The summed E-state index contributed by atoms with van der Waals surface area (Å²) in [7, 11) is 0. The standard InChI is InChI=1S/C17H21N5O4S/c1-9-5-13(21-6-11(7-21)20-26)19-16-14(9)15(23)12(17(24)25)8-22(16)10(2)27-4-3-18/h3-5,8,10-11,20,26H,6-7,18H2,1-2H3,(H,24,25)/b4-3-/t10-/m1/s1. The largest absolute Gasteiger partial charge is 0.477 e. The number of hydrogen-bond donors (Lipinski definition) is 4. The van der Waals surface area contributed by atoms with Crippen LogP contribution in [-0.2, 0) is 0 Å². The first-order valence-corrected chi connectivity index (χ1v) is 9.28. The number of aromatic nitrogens is 2. The van der Waals surface area contributed by atoms with Gasteiger partial charge in [0.2, 0.25) is 5.43 Å². The van der Waals surface area contributed by atoms with Gasteiger partial charge in [0.15, 0.2) is 0 Å². The van der Waals surface area contributed by atoms with Crippen molar-refractivity contribution in [3.8, 4) is 0 Å². The third-order valence-corrected chi connectivity index (χ3v) is 5.47. The Morgan fingerprint density at radius 1 is 1.52 bits per heavy atom. The van der Waals surface area contributed by atoms with Gasteiger partial charge in [-0.2, -0.15) is 5.48 Å². The summed E-state index contributed by atoms with van der Waals surface area (Å²) < 4.78 is 1.68. The first kappa shape index (κ1) is 19.2. The smallest absolute Gasteiger partial charge is 0.341 e. The zero-order valence-corrected chi connectivity index (χ0v) is 15.7. The molecule has 27 heavy (non-hydrogen) atoms. The Balaban J connectivity index is 2.20. The van der Waals surface area contributed by atoms with Gasteiger partial charge in [-0.3, -0.25) is 4.79 Å². The van der Waals surface area contributed by atoms with Crippen molar-refractivity contribution in [2.24, 2.45) is 5.73 Å². The predicted molar refractivity (Wildman–Crippen MR) is 104 cm³/mol. The number of nitrogens with one attached hydrogen (secondary N) is 1. The minimum absolute atomic E-state index is 0.0245. The summed E-state index contributed by atoms with van der Waals surface area (Å²) in [5.74, 6) is -0.598. The number of fused-ring (bicyclic) bond motifs is 1. The summed E-state index contributed by atoms with van der Waals surface area (Å²) in [4.78, 5) is 30.9. The van der Waals surface area contributed by atoms with Crippen molar-refractivity contribution in [3.63, 3.8) is 0 Å². The molecule has 2 aromatic rings. The average molecular weight is 391 g/mol. The van der Waals surface area contributed by atoms with E-state index in [2.05, 4.69) is 10.5 Å². The molecule has 10 heteroatoms. The van der Waals surface area contributed by atoms with E-state index in [1.807, 2.05) is 11.8 Å². The number of rotatable bonds is 6. The van der Waals surface area contributed by atoms with Gasteiger partial charge >= 0.3 is 5.97 Å². The Morgan fingerprint density at radius 2 is 2.22 bits per heavy atom. The number of nitrogens with two attached hydrogens (primary N) is 1. The van der Waals surface area contributed by atoms with Crippen LogP contribution in [0.15, 0.2) is 28.7 Å². The lowest BCUT2D eigenvalue weighted by atomic mass is 10.1. The van der Waals surface area contributed by atoms with Crippen LogP contribution < -0.4 is 21.5 Å². The quantitative estimate of drug-likeness (QED) is 0.537. The van der Waals surface area contributed by atoms with Gasteiger partial charge in [-0.1, -0.05) is 0 Å². The number of aromatic carboxylic acids is 1. The van der Waals surface area contributed by atoms with Gasteiger partial charge in [0, 0.05) is 25.5 Å². The maximum atomic E-state index is 12.7. The Hall–Kier alpha value is -2.56. The van der Waals surface area contributed by atoms with Gasteiger partial charge in [-0.15, -0.1) is 11.8 Å². The highest BCUT2D eigenvalue weighted by atomic mass is 32.2. The van der Waals surface area contributed by atoms with Gasteiger partial charge < -0.3 is 25.5 Å². The number of aryl methyl sites for hydroxylation is 1. The minimum Gasteiger partial charge on any atom is -0.477 e. The van der Waals surface area contributed by atoms with E-state index in [4.69, 9.17) is 10.9 Å².